The maximum absolute atomic E-state index is 12.4. The number of nitrogen functional groups attached to an aromatic ring is 1. The topological polar surface area (TPSA) is 90.1 Å². The Balaban J connectivity index is 1.61. The van der Waals surface area contributed by atoms with Crippen molar-refractivity contribution in [2.45, 2.75) is 6.42 Å². The summed E-state index contributed by atoms with van der Waals surface area (Å²) in [5.41, 5.74) is 8.81. The number of carbonyl (C=O) groups excluding carboxylic acids is 1. The number of nitrogens with zero attached hydrogens (tertiary/aromatic N) is 2. The maximum Gasteiger partial charge on any atom is 0.251 e. The maximum atomic E-state index is 12.4. The second-order valence-corrected chi connectivity index (χ2v) is 5.76. The molecule has 0 fully saturated rings. The second-order valence-electron chi connectivity index (χ2n) is 5.76. The minimum Gasteiger partial charge on any atom is -0.497 e. The number of aromatic nitrogens is 2. The number of hydrogen-bond acceptors (Lipinski definition) is 5. The first-order valence-corrected chi connectivity index (χ1v) is 8.25. The van der Waals surface area contributed by atoms with Crippen LogP contribution in [0.2, 0.25) is 0 Å². The molecule has 0 saturated heterocycles. The first-order chi connectivity index (χ1) is 12.7. The van der Waals surface area contributed by atoms with Gasteiger partial charge in [-0.1, -0.05) is 24.3 Å². The molecule has 6 heteroatoms. The molecule has 0 atom stereocenters. The summed E-state index contributed by atoms with van der Waals surface area (Å²) in [6.45, 7) is 0.549. The molecule has 2 aromatic carbocycles. The number of nitrogens with two attached hydrogens (primary N) is 1. The van der Waals surface area contributed by atoms with Gasteiger partial charge in [-0.3, -0.25) is 9.78 Å². The molecule has 0 aliphatic heterocycles. The lowest BCUT2D eigenvalue weighted by molar-refractivity contribution is 0.0954. The number of anilines is 1. The first-order valence-electron chi connectivity index (χ1n) is 8.25. The third-order valence-corrected chi connectivity index (χ3v) is 3.93. The van der Waals surface area contributed by atoms with Crippen molar-refractivity contribution in [1.82, 2.24) is 15.3 Å². The van der Waals surface area contributed by atoms with Crippen LogP contribution in [0.4, 0.5) is 5.82 Å². The summed E-state index contributed by atoms with van der Waals surface area (Å²) in [4.78, 5) is 20.7. The first kappa shape index (κ1) is 17.4. The predicted molar refractivity (Wildman–Crippen MR) is 101 cm³/mol. The normalized spacial score (nSPS) is 10.3. The van der Waals surface area contributed by atoms with Gasteiger partial charge in [-0.25, -0.2) is 4.98 Å². The van der Waals surface area contributed by atoms with Crippen molar-refractivity contribution in [3.05, 3.63) is 72.1 Å². The lowest BCUT2D eigenvalue weighted by Gasteiger charge is -2.08. The van der Waals surface area contributed by atoms with E-state index in [-0.39, 0.29) is 5.91 Å². The summed E-state index contributed by atoms with van der Waals surface area (Å²) >= 11 is 0. The van der Waals surface area contributed by atoms with Gasteiger partial charge < -0.3 is 15.8 Å². The molecule has 0 unspecified atom stereocenters. The molecular formula is C20H20N4O2. The smallest absolute Gasteiger partial charge is 0.251 e. The zero-order chi connectivity index (χ0) is 18.4. The molecule has 3 N–H and O–H groups in total. The van der Waals surface area contributed by atoms with E-state index >= 15 is 0 Å². The van der Waals surface area contributed by atoms with Crippen molar-refractivity contribution in [2.24, 2.45) is 0 Å². The Bertz CT molecular complexity index is 894. The molecule has 132 valence electrons. The van der Waals surface area contributed by atoms with E-state index in [1.165, 1.54) is 6.20 Å². The highest BCUT2D eigenvalue weighted by atomic mass is 16.5. The third kappa shape index (κ3) is 4.36. The zero-order valence-corrected chi connectivity index (χ0v) is 14.5. The number of carbonyl (C=O) groups is 1. The van der Waals surface area contributed by atoms with Crippen LogP contribution in [0.1, 0.15) is 15.9 Å². The molecule has 0 bridgehead atoms. The summed E-state index contributed by atoms with van der Waals surface area (Å²) < 4.78 is 5.14. The number of rotatable bonds is 6. The standard InChI is InChI=1S/C20H20N4O2/c1-26-17-7-5-14(6-8-17)9-10-23-20(25)16-4-2-3-15(11-16)18-12-22-13-19(21)24-18/h2-8,11-13H,9-10H2,1H3,(H2,21,24)(H,23,25). The van der Waals surface area contributed by atoms with Gasteiger partial charge in [0.2, 0.25) is 0 Å². The molecule has 0 saturated carbocycles. The van der Waals surface area contributed by atoms with Crippen molar-refractivity contribution >= 4 is 11.7 Å². The van der Waals surface area contributed by atoms with Crippen LogP contribution >= 0.6 is 0 Å². The van der Waals surface area contributed by atoms with Crippen molar-refractivity contribution < 1.29 is 9.53 Å². The van der Waals surface area contributed by atoms with Crippen LogP contribution in [0, 0.1) is 0 Å². The molecule has 0 aliphatic rings. The van der Waals surface area contributed by atoms with Gasteiger partial charge in [0.05, 0.1) is 25.2 Å². The predicted octanol–water partition coefficient (Wildman–Crippen LogP) is 2.71. The monoisotopic (exact) mass is 348 g/mol. The second kappa shape index (κ2) is 8.11. The number of methoxy groups -OCH3 is 1. The summed E-state index contributed by atoms with van der Waals surface area (Å²) in [5, 5.41) is 2.94. The number of hydrogen-bond donors (Lipinski definition) is 2. The van der Waals surface area contributed by atoms with Crippen LogP contribution in [0.5, 0.6) is 5.75 Å². The molecule has 6 nitrogen and oxygen atoms in total. The lowest BCUT2D eigenvalue weighted by atomic mass is 10.1. The summed E-state index contributed by atoms with van der Waals surface area (Å²) in [5.74, 6) is 1.04. The van der Waals surface area contributed by atoms with Gasteiger partial charge in [0.1, 0.15) is 11.6 Å². The number of ether oxygens (including phenoxy) is 1. The molecular weight excluding hydrogens is 328 g/mol. The van der Waals surface area contributed by atoms with Crippen LogP contribution in [0.15, 0.2) is 60.9 Å². The lowest BCUT2D eigenvalue weighted by Crippen LogP contribution is -2.25. The Hall–Kier alpha value is -3.41. The highest BCUT2D eigenvalue weighted by Gasteiger charge is 2.08. The summed E-state index contributed by atoms with van der Waals surface area (Å²) in [6, 6.07) is 15.0. The largest absolute Gasteiger partial charge is 0.497 e. The van der Waals surface area contributed by atoms with Crippen LogP contribution in [0.3, 0.4) is 0 Å². The van der Waals surface area contributed by atoms with Crippen LogP contribution in [-0.2, 0) is 6.42 Å². The minimum absolute atomic E-state index is 0.128. The fourth-order valence-electron chi connectivity index (χ4n) is 2.55. The fraction of sp³-hybridized carbons (Fsp3) is 0.150. The van der Waals surface area contributed by atoms with Crippen molar-refractivity contribution in [3.8, 4) is 17.0 Å². The van der Waals surface area contributed by atoms with E-state index in [9.17, 15) is 4.79 Å². The fourth-order valence-corrected chi connectivity index (χ4v) is 2.55. The van der Waals surface area contributed by atoms with E-state index in [0.717, 1.165) is 23.3 Å². The highest BCUT2D eigenvalue weighted by molar-refractivity contribution is 5.95. The van der Waals surface area contributed by atoms with Crippen molar-refractivity contribution in [1.29, 1.82) is 0 Å². The molecule has 3 rings (SSSR count). The average Bonchev–Trinajstić information content (AvgIpc) is 2.68. The van der Waals surface area contributed by atoms with E-state index < -0.39 is 0 Å². The highest BCUT2D eigenvalue weighted by Crippen LogP contribution is 2.18. The molecule has 1 heterocycles. The van der Waals surface area contributed by atoms with Gasteiger partial charge >= 0.3 is 0 Å². The number of benzene rings is 2. The zero-order valence-electron chi connectivity index (χ0n) is 14.5. The SMILES string of the molecule is COc1ccc(CCNC(=O)c2cccc(-c3cncc(N)n3)c2)cc1. The van der Waals surface area contributed by atoms with Gasteiger partial charge in [-0.2, -0.15) is 0 Å². The van der Waals surface area contributed by atoms with E-state index in [0.29, 0.717) is 23.6 Å². The van der Waals surface area contributed by atoms with Gasteiger partial charge in [0.25, 0.3) is 5.91 Å². The van der Waals surface area contributed by atoms with Crippen molar-refractivity contribution in [3.63, 3.8) is 0 Å². The van der Waals surface area contributed by atoms with Crippen molar-refractivity contribution in [2.75, 3.05) is 19.4 Å². The molecule has 1 aromatic heterocycles. The van der Waals surface area contributed by atoms with Gasteiger partial charge in [-0.05, 0) is 36.2 Å². The molecule has 1 amide bonds. The number of nitrogens with one attached hydrogen (secondary N) is 1. The summed E-state index contributed by atoms with van der Waals surface area (Å²) in [7, 11) is 1.64. The van der Waals surface area contributed by atoms with Crippen LogP contribution in [0.25, 0.3) is 11.3 Å². The molecule has 0 aliphatic carbocycles. The van der Waals surface area contributed by atoms with E-state index in [1.807, 2.05) is 36.4 Å². The molecule has 26 heavy (non-hydrogen) atoms. The molecule has 3 aromatic rings. The third-order valence-electron chi connectivity index (χ3n) is 3.93. The summed E-state index contributed by atoms with van der Waals surface area (Å²) in [6.07, 6.45) is 3.85. The molecule has 0 spiro atoms. The molecule has 0 radical (unpaired) electrons. The average molecular weight is 348 g/mol. The Morgan fingerprint density at radius 3 is 2.69 bits per heavy atom. The van der Waals surface area contributed by atoms with Crippen LogP contribution < -0.4 is 15.8 Å². The van der Waals surface area contributed by atoms with Gasteiger partial charge in [-0.15, -0.1) is 0 Å². The quantitative estimate of drug-likeness (QED) is 0.715. The van der Waals surface area contributed by atoms with Gasteiger partial charge in [0.15, 0.2) is 0 Å². The van der Waals surface area contributed by atoms with E-state index in [1.54, 1.807) is 25.4 Å². The minimum atomic E-state index is -0.128. The van der Waals surface area contributed by atoms with E-state index in [2.05, 4.69) is 15.3 Å². The van der Waals surface area contributed by atoms with Crippen LogP contribution in [-0.4, -0.2) is 29.5 Å². The Morgan fingerprint density at radius 2 is 1.96 bits per heavy atom. The Morgan fingerprint density at radius 1 is 1.15 bits per heavy atom. The Kier molecular flexibility index (Phi) is 5.43. The van der Waals surface area contributed by atoms with Gasteiger partial charge in [0, 0.05) is 17.7 Å². The number of amides is 1. The van der Waals surface area contributed by atoms with E-state index in [4.69, 9.17) is 10.5 Å². The Labute approximate surface area is 152 Å².